The lowest BCUT2D eigenvalue weighted by Crippen LogP contribution is -2.72. The Morgan fingerprint density at radius 3 is 2.44 bits per heavy atom. The maximum atomic E-state index is 13.7. The topological polar surface area (TPSA) is 91.3 Å². The van der Waals surface area contributed by atoms with E-state index in [0.29, 0.717) is 4.47 Å². The number of nitrogens with one attached hydrogen (secondary N) is 2. The molecular formula is C17H13BrF3N3O3. The molecule has 0 saturated carbocycles. The summed E-state index contributed by atoms with van der Waals surface area (Å²) in [6.07, 6.45) is -2.82. The van der Waals surface area contributed by atoms with Crippen LogP contribution in [0.2, 0.25) is 0 Å². The molecule has 3 rings (SSSR count). The zero-order valence-corrected chi connectivity index (χ0v) is 15.1. The maximum Gasteiger partial charge on any atom is 0.437 e. The minimum absolute atomic E-state index is 0.120. The van der Waals surface area contributed by atoms with Gasteiger partial charge in [-0.05, 0) is 29.8 Å². The SMILES string of the molecule is O=C1N[C@@H](c2ccc(Br)cc2)[C@H](C(=O)c2cccnc2)[C@](O)(C(F)(F)F)N1. The molecule has 1 fully saturated rings. The van der Waals surface area contributed by atoms with Crippen molar-refractivity contribution in [2.45, 2.75) is 17.9 Å². The molecule has 2 amide bonds. The molecule has 0 unspecified atom stereocenters. The van der Waals surface area contributed by atoms with Crippen molar-refractivity contribution < 1.29 is 27.9 Å². The number of pyridine rings is 1. The number of rotatable bonds is 3. The van der Waals surface area contributed by atoms with Crippen LogP contribution < -0.4 is 10.6 Å². The van der Waals surface area contributed by atoms with E-state index in [4.69, 9.17) is 0 Å². The number of carbonyl (C=O) groups is 2. The second-order valence-electron chi connectivity index (χ2n) is 5.98. The molecule has 0 radical (unpaired) electrons. The molecule has 0 aliphatic carbocycles. The first-order valence-electron chi connectivity index (χ1n) is 7.71. The van der Waals surface area contributed by atoms with E-state index in [-0.39, 0.29) is 11.1 Å². The molecule has 27 heavy (non-hydrogen) atoms. The predicted molar refractivity (Wildman–Crippen MR) is 91.6 cm³/mol. The average Bonchev–Trinajstić information content (AvgIpc) is 2.61. The van der Waals surface area contributed by atoms with Gasteiger partial charge in [0.05, 0.1) is 6.04 Å². The Labute approximate surface area is 159 Å². The van der Waals surface area contributed by atoms with Gasteiger partial charge in [0, 0.05) is 22.4 Å². The van der Waals surface area contributed by atoms with E-state index in [2.05, 4.69) is 26.2 Å². The van der Waals surface area contributed by atoms with Crippen molar-refractivity contribution >= 4 is 27.7 Å². The Balaban J connectivity index is 2.15. The van der Waals surface area contributed by atoms with Crippen LogP contribution in [0.15, 0.2) is 53.3 Å². The molecule has 3 atom stereocenters. The van der Waals surface area contributed by atoms with Gasteiger partial charge in [-0.3, -0.25) is 9.78 Å². The Bertz CT molecular complexity index is 861. The van der Waals surface area contributed by atoms with E-state index in [9.17, 15) is 27.9 Å². The van der Waals surface area contributed by atoms with Gasteiger partial charge in [0.25, 0.3) is 0 Å². The standard InChI is InChI=1S/C17H13BrF3N3O3/c18-11-5-3-9(4-6-11)13-12(14(25)10-2-1-7-22-8-10)16(27,17(19,20)21)24-15(26)23-13/h1-8,12-13,27H,(H2,23,24,26)/t12-,13+,16+/m1/s1. The van der Waals surface area contributed by atoms with Crippen molar-refractivity contribution in [3.63, 3.8) is 0 Å². The molecule has 1 aromatic carbocycles. The molecule has 2 heterocycles. The van der Waals surface area contributed by atoms with Gasteiger partial charge in [0.15, 0.2) is 5.78 Å². The summed E-state index contributed by atoms with van der Waals surface area (Å²) in [5.41, 5.74) is -3.64. The lowest BCUT2D eigenvalue weighted by Gasteiger charge is -2.45. The van der Waals surface area contributed by atoms with E-state index in [1.165, 1.54) is 35.8 Å². The smallest absolute Gasteiger partial charge is 0.363 e. The quantitative estimate of drug-likeness (QED) is 0.636. The summed E-state index contributed by atoms with van der Waals surface area (Å²) in [5, 5.41) is 14.2. The number of carbonyl (C=O) groups excluding carboxylic acids is 2. The van der Waals surface area contributed by atoms with Crippen LogP contribution in [-0.2, 0) is 0 Å². The highest BCUT2D eigenvalue weighted by Crippen LogP contribution is 2.43. The van der Waals surface area contributed by atoms with E-state index in [0.717, 1.165) is 6.20 Å². The summed E-state index contributed by atoms with van der Waals surface area (Å²) in [4.78, 5) is 28.5. The first kappa shape index (κ1) is 19.3. The summed E-state index contributed by atoms with van der Waals surface area (Å²) < 4.78 is 41.8. The minimum Gasteiger partial charge on any atom is -0.363 e. The highest BCUT2D eigenvalue weighted by atomic mass is 79.9. The maximum absolute atomic E-state index is 13.7. The highest BCUT2D eigenvalue weighted by molar-refractivity contribution is 9.10. The second-order valence-corrected chi connectivity index (χ2v) is 6.89. The highest BCUT2D eigenvalue weighted by Gasteiger charge is 2.66. The molecular weight excluding hydrogens is 431 g/mol. The van der Waals surface area contributed by atoms with Crippen LogP contribution >= 0.6 is 15.9 Å². The number of alkyl halides is 3. The zero-order valence-electron chi connectivity index (χ0n) is 13.5. The number of hydrogen-bond donors (Lipinski definition) is 3. The molecule has 2 aromatic rings. The second kappa shape index (κ2) is 6.93. The van der Waals surface area contributed by atoms with Gasteiger partial charge in [-0.2, -0.15) is 13.2 Å². The zero-order chi connectivity index (χ0) is 19.8. The number of ketones is 1. The normalized spacial score (nSPS) is 25.4. The number of benzene rings is 1. The van der Waals surface area contributed by atoms with E-state index in [1.54, 1.807) is 12.1 Å². The van der Waals surface area contributed by atoms with Gasteiger partial charge in [-0.1, -0.05) is 28.1 Å². The molecule has 6 nitrogen and oxygen atoms in total. The molecule has 1 aliphatic heterocycles. The van der Waals surface area contributed by atoms with Crippen molar-refractivity contribution in [3.8, 4) is 0 Å². The Morgan fingerprint density at radius 2 is 1.89 bits per heavy atom. The molecule has 10 heteroatoms. The van der Waals surface area contributed by atoms with Gasteiger partial charge in [0.2, 0.25) is 5.72 Å². The van der Waals surface area contributed by atoms with Crippen molar-refractivity contribution in [2.75, 3.05) is 0 Å². The van der Waals surface area contributed by atoms with E-state index < -0.39 is 35.7 Å². The van der Waals surface area contributed by atoms with Gasteiger partial charge >= 0.3 is 12.2 Å². The Hall–Kier alpha value is -2.46. The van der Waals surface area contributed by atoms with Crippen LogP contribution in [0.4, 0.5) is 18.0 Å². The Morgan fingerprint density at radius 1 is 1.22 bits per heavy atom. The lowest BCUT2D eigenvalue weighted by atomic mass is 9.77. The third-order valence-corrected chi connectivity index (χ3v) is 4.79. The average molecular weight is 444 g/mol. The van der Waals surface area contributed by atoms with Crippen LogP contribution in [0.5, 0.6) is 0 Å². The molecule has 0 bridgehead atoms. The van der Waals surface area contributed by atoms with Crippen LogP contribution in [0.25, 0.3) is 0 Å². The third-order valence-electron chi connectivity index (χ3n) is 4.26. The van der Waals surface area contributed by atoms with Crippen molar-refractivity contribution in [1.29, 1.82) is 0 Å². The fourth-order valence-corrected chi connectivity index (χ4v) is 3.24. The number of amides is 2. The minimum atomic E-state index is -5.29. The Kier molecular flexibility index (Phi) is 4.96. The monoisotopic (exact) mass is 443 g/mol. The number of Topliss-reactive ketones (excluding diaryl/α,β-unsaturated/α-hetero) is 1. The van der Waals surface area contributed by atoms with Crippen LogP contribution in [0, 0.1) is 5.92 Å². The summed E-state index contributed by atoms with van der Waals surface area (Å²) in [7, 11) is 0. The fraction of sp³-hybridized carbons (Fsp3) is 0.235. The van der Waals surface area contributed by atoms with Crippen LogP contribution in [-0.4, -0.2) is 33.8 Å². The molecule has 0 spiro atoms. The summed E-state index contributed by atoms with van der Waals surface area (Å²) in [6.45, 7) is 0. The number of halogens is 4. The van der Waals surface area contributed by atoms with Crippen molar-refractivity contribution in [2.24, 2.45) is 5.92 Å². The van der Waals surface area contributed by atoms with Gasteiger partial charge in [-0.15, -0.1) is 0 Å². The van der Waals surface area contributed by atoms with Crippen LogP contribution in [0.1, 0.15) is 22.0 Å². The molecule has 142 valence electrons. The summed E-state index contributed by atoms with van der Waals surface area (Å²) in [6, 6.07) is 6.07. The number of hydrogen-bond acceptors (Lipinski definition) is 4. The van der Waals surface area contributed by atoms with Crippen molar-refractivity contribution in [3.05, 3.63) is 64.4 Å². The first-order valence-corrected chi connectivity index (χ1v) is 8.50. The molecule has 1 aliphatic rings. The third kappa shape index (κ3) is 3.54. The number of nitrogens with zero attached hydrogens (tertiary/aromatic N) is 1. The number of urea groups is 1. The predicted octanol–water partition coefficient (Wildman–Crippen LogP) is 2.95. The van der Waals surface area contributed by atoms with Gasteiger partial charge < -0.3 is 15.7 Å². The summed E-state index contributed by atoms with van der Waals surface area (Å²) in [5.74, 6) is -3.08. The van der Waals surface area contributed by atoms with Crippen LogP contribution in [0.3, 0.4) is 0 Å². The van der Waals surface area contributed by atoms with E-state index in [1.807, 2.05) is 0 Å². The fourth-order valence-electron chi connectivity index (χ4n) is 2.97. The van der Waals surface area contributed by atoms with Gasteiger partial charge in [-0.25, -0.2) is 4.79 Å². The van der Waals surface area contributed by atoms with Crippen molar-refractivity contribution in [1.82, 2.24) is 15.6 Å². The molecule has 1 saturated heterocycles. The lowest BCUT2D eigenvalue weighted by molar-refractivity contribution is -0.287. The molecule has 1 aromatic heterocycles. The number of aromatic nitrogens is 1. The van der Waals surface area contributed by atoms with Gasteiger partial charge in [0.1, 0.15) is 5.92 Å². The molecule has 3 N–H and O–H groups in total. The van der Waals surface area contributed by atoms with E-state index >= 15 is 0 Å². The summed E-state index contributed by atoms with van der Waals surface area (Å²) >= 11 is 3.21. The first-order chi connectivity index (χ1) is 12.6. The largest absolute Gasteiger partial charge is 0.437 e. The number of aliphatic hydroxyl groups is 1.